The van der Waals surface area contributed by atoms with Crippen molar-refractivity contribution in [1.82, 2.24) is 0 Å². The van der Waals surface area contributed by atoms with Crippen molar-refractivity contribution in [3.63, 3.8) is 0 Å². The second-order valence-corrected chi connectivity index (χ2v) is 3.64. The quantitative estimate of drug-likeness (QED) is 0.849. The average molecular weight is 213 g/mol. The van der Waals surface area contributed by atoms with Crippen LogP contribution in [0.15, 0.2) is 42.5 Å². The molecule has 16 heavy (non-hydrogen) atoms. The summed E-state index contributed by atoms with van der Waals surface area (Å²) in [5.41, 5.74) is 2.10. The van der Waals surface area contributed by atoms with Crippen LogP contribution in [0.2, 0.25) is 0 Å². The van der Waals surface area contributed by atoms with Gasteiger partial charge in [0.1, 0.15) is 18.1 Å². The highest BCUT2D eigenvalue weighted by Crippen LogP contribution is 2.18. The molecule has 1 N–H and O–H groups in total. The Bertz CT molecular complexity index is 460. The van der Waals surface area contributed by atoms with Crippen LogP contribution in [-0.4, -0.2) is 5.11 Å². The highest BCUT2D eigenvalue weighted by molar-refractivity contribution is 5.32. The molecule has 0 saturated carbocycles. The summed E-state index contributed by atoms with van der Waals surface area (Å²) in [4.78, 5) is 0. The van der Waals surface area contributed by atoms with E-state index in [1.54, 1.807) is 12.1 Å². The van der Waals surface area contributed by atoms with Gasteiger partial charge in [0.15, 0.2) is 0 Å². The van der Waals surface area contributed by atoms with E-state index in [1.165, 1.54) is 0 Å². The lowest BCUT2D eigenvalue weighted by molar-refractivity contribution is 0.304. The molecule has 0 bridgehead atoms. The Kier molecular flexibility index (Phi) is 3.10. The van der Waals surface area contributed by atoms with Gasteiger partial charge in [-0.3, -0.25) is 0 Å². The molecule has 81 valence electrons. The van der Waals surface area contributed by atoms with Gasteiger partial charge in [-0.05, 0) is 36.2 Å². The third kappa shape index (κ3) is 2.54. The minimum Gasteiger partial charge on any atom is -0.507 e. The van der Waals surface area contributed by atoms with E-state index >= 15 is 0 Å². The molecule has 1 radical (unpaired) electrons. The Morgan fingerprint density at radius 1 is 1.19 bits per heavy atom. The molecule has 0 spiro atoms. The highest BCUT2D eigenvalue weighted by Gasteiger charge is 1.99. The van der Waals surface area contributed by atoms with E-state index in [0.29, 0.717) is 6.61 Å². The van der Waals surface area contributed by atoms with Crippen LogP contribution in [0.3, 0.4) is 0 Å². The molecule has 0 aliphatic rings. The Balaban J connectivity index is 2.02. The van der Waals surface area contributed by atoms with Crippen molar-refractivity contribution < 1.29 is 9.84 Å². The van der Waals surface area contributed by atoms with Gasteiger partial charge < -0.3 is 9.84 Å². The standard InChI is InChI=1S/C14H13O2/c1-11-4-2-3-5-14(11)16-10-12-6-8-13(15)9-7-12/h2-8,15H,10H2,1H3. The van der Waals surface area contributed by atoms with Crippen LogP contribution in [-0.2, 0) is 6.61 Å². The van der Waals surface area contributed by atoms with Crippen LogP contribution in [0.5, 0.6) is 11.5 Å². The third-order valence-corrected chi connectivity index (χ3v) is 2.35. The lowest BCUT2D eigenvalue weighted by Gasteiger charge is -2.08. The molecular weight excluding hydrogens is 200 g/mol. The van der Waals surface area contributed by atoms with Gasteiger partial charge in [0.25, 0.3) is 0 Å². The van der Waals surface area contributed by atoms with Crippen LogP contribution in [0.25, 0.3) is 0 Å². The molecule has 0 aromatic heterocycles. The number of hydrogen-bond donors (Lipinski definition) is 1. The zero-order valence-electron chi connectivity index (χ0n) is 9.10. The van der Waals surface area contributed by atoms with Crippen molar-refractivity contribution in [1.29, 1.82) is 0 Å². The van der Waals surface area contributed by atoms with E-state index in [1.807, 2.05) is 37.3 Å². The van der Waals surface area contributed by atoms with Gasteiger partial charge in [-0.2, -0.15) is 0 Å². The number of phenols is 1. The van der Waals surface area contributed by atoms with Gasteiger partial charge in [0.05, 0.1) is 0 Å². The maximum Gasteiger partial charge on any atom is 0.123 e. The summed E-state index contributed by atoms with van der Waals surface area (Å²) in [6.45, 7) is 2.50. The Labute approximate surface area is 95.1 Å². The molecule has 0 aliphatic heterocycles. The second kappa shape index (κ2) is 4.71. The fourth-order valence-electron chi connectivity index (χ4n) is 1.42. The molecule has 0 heterocycles. The number of benzene rings is 2. The summed E-state index contributed by atoms with van der Waals surface area (Å²) >= 11 is 0. The van der Waals surface area contributed by atoms with Crippen molar-refractivity contribution >= 4 is 0 Å². The Morgan fingerprint density at radius 2 is 2.00 bits per heavy atom. The van der Waals surface area contributed by atoms with Crippen LogP contribution < -0.4 is 4.74 Å². The number of aryl methyl sites for hydroxylation is 1. The molecule has 2 rings (SSSR count). The number of rotatable bonds is 3. The molecule has 2 aromatic rings. The minimum absolute atomic E-state index is 0.152. The molecule has 0 aliphatic carbocycles. The summed E-state index contributed by atoms with van der Waals surface area (Å²) < 4.78 is 5.66. The van der Waals surface area contributed by atoms with Crippen molar-refractivity contribution in [2.45, 2.75) is 13.5 Å². The largest absolute Gasteiger partial charge is 0.507 e. The fraction of sp³-hybridized carbons (Fsp3) is 0.143. The van der Waals surface area contributed by atoms with E-state index < -0.39 is 0 Å². The smallest absolute Gasteiger partial charge is 0.123 e. The molecule has 0 atom stereocenters. The third-order valence-electron chi connectivity index (χ3n) is 2.35. The van der Waals surface area contributed by atoms with Crippen LogP contribution in [0.1, 0.15) is 11.1 Å². The lowest BCUT2D eigenvalue weighted by Crippen LogP contribution is -1.96. The maximum absolute atomic E-state index is 9.09. The molecule has 2 nitrogen and oxygen atoms in total. The van der Waals surface area contributed by atoms with Gasteiger partial charge in [-0.1, -0.05) is 24.3 Å². The molecule has 0 amide bonds. The van der Waals surface area contributed by atoms with Crippen molar-refractivity contribution in [3.05, 3.63) is 59.7 Å². The van der Waals surface area contributed by atoms with Crippen molar-refractivity contribution in [2.75, 3.05) is 0 Å². The first-order chi connectivity index (χ1) is 7.75. The number of para-hydroxylation sites is 1. The maximum atomic E-state index is 9.09. The predicted molar refractivity (Wildman–Crippen MR) is 62.5 cm³/mol. The number of ether oxygens (including phenoxy) is 1. The fourth-order valence-corrected chi connectivity index (χ4v) is 1.42. The summed E-state index contributed by atoms with van der Waals surface area (Å²) in [6, 6.07) is 15.8. The first-order valence-electron chi connectivity index (χ1n) is 5.14. The monoisotopic (exact) mass is 213 g/mol. The van der Waals surface area contributed by atoms with E-state index in [-0.39, 0.29) is 5.75 Å². The first-order valence-corrected chi connectivity index (χ1v) is 5.14. The predicted octanol–water partition coefficient (Wildman–Crippen LogP) is 3.08. The SMILES string of the molecule is Cc1ccccc1OCc1c[c]c(O)cc1. The van der Waals surface area contributed by atoms with Gasteiger partial charge in [-0.25, -0.2) is 0 Å². The average Bonchev–Trinajstić information content (AvgIpc) is 2.30. The zero-order valence-corrected chi connectivity index (χ0v) is 9.10. The van der Waals surface area contributed by atoms with E-state index in [4.69, 9.17) is 9.84 Å². The number of phenolic OH excluding ortho intramolecular Hbond substituents is 1. The Hall–Kier alpha value is -1.96. The summed E-state index contributed by atoms with van der Waals surface area (Å²) in [5, 5.41) is 9.09. The van der Waals surface area contributed by atoms with Crippen LogP contribution in [0, 0.1) is 13.0 Å². The lowest BCUT2D eigenvalue weighted by atomic mass is 10.2. The number of aromatic hydroxyl groups is 1. The molecule has 2 heteroatoms. The molecular formula is C14H13O2. The van der Waals surface area contributed by atoms with Crippen molar-refractivity contribution in [3.8, 4) is 11.5 Å². The molecule has 2 aromatic carbocycles. The summed E-state index contributed by atoms with van der Waals surface area (Å²) in [6.07, 6.45) is 0. The topological polar surface area (TPSA) is 29.5 Å². The van der Waals surface area contributed by atoms with Crippen LogP contribution >= 0.6 is 0 Å². The molecule has 0 saturated heterocycles. The van der Waals surface area contributed by atoms with E-state index in [2.05, 4.69) is 6.07 Å². The number of hydrogen-bond acceptors (Lipinski definition) is 2. The highest BCUT2D eigenvalue weighted by atomic mass is 16.5. The van der Waals surface area contributed by atoms with E-state index in [9.17, 15) is 0 Å². The van der Waals surface area contributed by atoms with Gasteiger partial charge >= 0.3 is 0 Å². The van der Waals surface area contributed by atoms with Crippen molar-refractivity contribution in [2.24, 2.45) is 0 Å². The van der Waals surface area contributed by atoms with Gasteiger partial charge in [0.2, 0.25) is 0 Å². The Morgan fingerprint density at radius 3 is 2.69 bits per heavy atom. The minimum atomic E-state index is 0.152. The zero-order chi connectivity index (χ0) is 11.4. The first kappa shape index (κ1) is 10.6. The summed E-state index contributed by atoms with van der Waals surface area (Å²) in [5.74, 6) is 1.04. The molecule has 0 fully saturated rings. The van der Waals surface area contributed by atoms with E-state index in [0.717, 1.165) is 16.9 Å². The van der Waals surface area contributed by atoms with Gasteiger partial charge in [-0.15, -0.1) is 0 Å². The normalized spacial score (nSPS) is 10.1. The molecule has 0 unspecified atom stereocenters. The second-order valence-electron chi connectivity index (χ2n) is 3.64. The van der Waals surface area contributed by atoms with Gasteiger partial charge in [0, 0.05) is 6.07 Å². The summed E-state index contributed by atoms with van der Waals surface area (Å²) in [7, 11) is 0. The van der Waals surface area contributed by atoms with Crippen LogP contribution in [0.4, 0.5) is 0 Å².